The summed E-state index contributed by atoms with van der Waals surface area (Å²) in [7, 11) is 0. The molecule has 3 aromatic heterocycles. The quantitative estimate of drug-likeness (QED) is 0.391. The molecule has 6 heterocycles. The van der Waals surface area contributed by atoms with Crippen molar-refractivity contribution in [3.63, 3.8) is 0 Å². The summed E-state index contributed by atoms with van der Waals surface area (Å²) in [5, 5.41) is 10.7. The number of nitrogen functional groups attached to an aromatic ring is 1. The van der Waals surface area contributed by atoms with E-state index >= 15 is 4.39 Å². The van der Waals surface area contributed by atoms with Gasteiger partial charge in [0, 0.05) is 74.8 Å². The van der Waals surface area contributed by atoms with Crippen LogP contribution in [0.2, 0.25) is 0 Å². The predicted molar refractivity (Wildman–Crippen MR) is 150 cm³/mol. The number of nitrogens with two attached hydrogens (primary N) is 1. The molecule has 13 heteroatoms. The summed E-state index contributed by atoms with van der Waals surface area (Å²) in [6.45, 7) is 6.49. The molecule has 0 saturated carbocycles. The number of aromatic nitrogens is 3. The summed E-state index contributed by atoms with van der Waals surface area (Å²) in [4.78, 5) is 31.6. The van der Waals surface area contributed by atoms with Crippen LogP contribution in [0.15, 0.2) is 12.4 Å². The number of carbonyl (C=O) groups excluding carboxylic acids is 1. The van der Waals surface area contributed by atoms with Crippen molar-refractivity contribution < 1.29 is 18.3 Å². The Morgan fingerprint density at radius 3 is 2.68 bits per heavy atom. The van der Waals surface area contributed by atoms with Crippen LogP contribution >= 0.6 is 11.3 Å². The monoisotopic (exact) mass is 576 g/mol. The first-order valence-corrected chi connectivity index (χ1v) is 14.3. The molecule has 3 aliphatic rings. The van der Waals surface area contributed by atoms with Gasteiger partial charge < -0.3 is 20.3 Å². The van der Waals surface area contributed by atoms with Crippen LogP contribution in [-0.2, 0) is 22.7 Å². The average Bonchev–Trinajstić information content (AvgIpc) is 3.73. The number of nitriles is 1. The Morgan fingerprint density at radius 1 is 1.15 bits per heavy atom. The number of pyridine rings is 1. The fourth-order valence-corrected chi connectivity index (χ4v) is 7.24. The summed E-state index contributed by atoms with van der Waals surface area (Å²) < 4.78 is 37.2. The Balaban J connectivity index is 1.28. The Hall–Kier alpha value is -3.99. The van der Waals surface area contributed by atoms with Crippen molar-refractivity contribution in [2.24, 2.45) is 0 Å². The maximum Gasteiger partial charge on any atom is 0.226 e. The standard InChI is InChI=1S/C28H26F2N8O2S/c1-14(39)36-4-6-37(7-5-36)15-2-3-38(11-15)28-34-9-17-18-12-40-13-19(18)21(23(30)24(17)35-28)25-22-16(8-31)27(32)41-26(22)20(29)10-33-25/h9-10,15H,2-7,11-13,32H2,1H3/t15-/m0/s1. The van der Waals surface area contributed by atoms with Gasteiger partial charge in [-0.1, -0.05) is 0 Å². The van der Waals surface area contributed by atoms with Gasteiger partial charge in [-0.25, -0.2) is 18.7 Å². The molecule has 2 fully saturated rings. The lowest BCUT2D eigenvalue weighted by atomic mass is 9.94. The third-order valence-corrected chi connectivity index (χ3v) is 9.48. The number of halogens is 2. The molecule has 1 atom stereocenters. The second kappa shape index (κ2) is 9.83. The first kappa shape index (κ1) is 25.9. The van der Waals surface area contributed by atoms with E-state index in [2.05, 4.69) is 19.8 Å². The van der Waals surface area contributed by atoms with Crippen molar-refractivity contribution in [2.45, 2.75) is 32.6 Å². The summed E-state index contributed by atoms with van der Waals surface area (Å²) in [5.74, 6) is -0.700. The molecule has 0 radical (unpaired) electrons. The van der Waals surface area contributed by atoms with Gasteiger partial charge in [0.25, 0.3) is 0 Å². The highest BCUT2D eigenvalue weighted by Crippen LogP contribution is 2.45. The van der Waals surface area contributed by atoms with Crippen molar-refractivity contribution in [3.05, 3.63) is 40.7 Å². The molecule has 0 spiro atoms. The molecule has 4 aromatic rings. The Bertz CT molecular complexity index is 1780. The first-order chi connectivity index (χ1) is 19.9. The molecule has 3 aliphatic heterocycles. The highest BCUT2D eigenvalue weighted by molar-refractivity contribution is 7.23. The van der Waals surface area contributed by atoms with E-state index in [1.54, 1.807) is 13.1 Å². The third kappa shape index (κ3) is 4.08. The first-order valence-electron chi connectivity index (χ1n) is 13.4. The van der Waals surface area contributed by atoms with E-state index in [0.717, 1.165) is 49.2 Å². The number of nitrogens with zero attached hydrogens (tertiary/aromatic N) is 7. The maximum absolute atomic E-state index is 16.6. The number of rotatable bonds is 3. The number of ether oxygens (including phenoxy) is 1. The Kier molecular flexibility index (Phi) is 6.22. The zero-order valence-corrected chi connectivity index (χ0v) is 23.1. The average molecular weight is 577 g/mol. The van der Waals surface area contributed by atoms with Gasteiger partial charge in [-0.15, -0.1) is 11.3 Å². The third-order valence-electron chi connectivity index (χ3n) is 8.45. The van der Waals surface area contributed by atoms with Gasteiger partial charge >= 0.3 is 0 Å². The van der Waals surface area contributed by atoms with Crippen LogP contribution in [0.25, 0.3) is 32.2 Å². The molecule has 41 heavy (non-hydrogen) atoms. The lowest BCUT2D eigenvalue weighted by molar-refractivity contribution is -0.130. The molecule has 0 bridgehead atoms. The van der Waals surface area contributed by atoms with E-state index in [9.17, 15) is 14.4 Å². The van der Waals surface area contributed by atoms with E-state index in [0.29, 0.717) is 42.6 Å². The van der Waals surface area contributed by atoms with Gasteiger partial charge in [0.15, 0.2) is 11.6 Å². The summed E-state index contributed by atoms with van der Waals surface area (Å²) in [6.07, 6.45) is 3.60. The number of benzene rings is 1. The summed E-state index contributed by atoms with van der Waals surface area (Å²) in [6, 6.07) is 2.33. The number of anilines is 2. The molecule has 210 valence electrons. The zero-order chi connectivity index (χ0) is 28.4. The van der Waals surface area contributed by atoms with Crippen molar-refractivity contribution in [3.8, 4) is 17.3 Å². The van der Waals surface area contributed by atoms with E-state index in [1.807, 2.05) is 11.0 Å². The zero-order valence-electron chi connectivity index (χ0n) is 22.3. The van der Waals surface area contributed by atoms with Crippen molar-refractivity contribution in [1.29, 1.82) is 5.26 Å². The van der Waals surface area contributed by atoms with Gasteiger partial charge in [0.2, 0.25) is 11.9 Å². The largest absolute Gasteiger partial charge is 0.389 e. The molecular formula is C28H26F2N8O2S. The minimum absolute atomic E-state index is 0.0785. The molecule has 2 saturated heterocycles. The highest BCUT2D eigenvalue weighted by Gasteiger charge is 2.33. The van der Waals surface area contributed by atoms with Gasteiger partial charge in [-0.3, -0.25) is 14.7 Å². The maximum atomic E-state index is 16.6. The molecule has 7 rings (SSSR count). The van der Waals surface area contributed by atoms with Crippen molar-refractivity contribution >= 4 is 49.2 Å². The Morgan fingerprint density at radius 2 is 1.93 bits per heavy atom. The van der Waals surface area contributed by atoms with Gasteiger partial charge in [-0.05, 0) is 17.5 Å². The minimum atomic E-state index is -0.619. The van der Waals surface area contributed by atoms with Gasteiger partial charge in [0.1, 0.15) is 16.6 Å². The van der Waals surface area contributed by atoms with Crippen LogP contribution < -0.4 is 10.6 Å². The molecule has 1 aromatic carbocycles. The molecule has 10 nitrogen and oxygen atoms in total. The number of thiophene rings is 1. The topological polar surface area (TPSA) is 124 Å². The minimum Gasteiger partial charge on any atom is -0.389 e. The number of amides is 1. The number of hydrogen-bond acceptors (Lipinski definition) is 10. The second-order valence-corrected chi connectivity index (χ2v) is 11.7. The van der Waals surface area contributed by atoms with E-state index in [4.69, 9.17) is 15.5 Å². The molecular weight excluding hydrogens is 550 g/mol. The van der Waals surface area contributed by atoms with Crippen LogP contribution in [-0.4, -0.2) is 76.0 Å². The lowest BCUT2D eigenvalue weighted by Crippen LogP contribution is -2.52. The highest BCUT2D eigenvalue weighted by atomic mass is 32.1. The lowest BCUT2D eigenvalue weighted by Gasteiger charge is -2.37. The van der Waals surface area contributed by atoms with Crippen LogP contribution in [0.4, 0.5) is 19.7 Å². The van der Waals surface area contributed by atoms with E-state index < -0.39 is 11.6 Å². The number of hydrogen-bond donors (Lipinski definition) is 1. The fourth-order valence-electron chi connectivity index (χ4n) is 6.31. The molecule has 0 unspecified atom stereocenters. The van der Waals surface area contributed by atoms with Gasteiger partial charge in [0.05, 0.1) is 35.4 Å². The number of fused-ring (bicyclic) bond motifs is 4. The van der Waals surface area contributed by atoms with Crippen LogP contribution in [0.3, 0.4) is 0 Å². The SMILES string of the molecule is CC(=O)N1CCN([C@H]2CCN(c3ncc4c5c(c(-c6ncc(F)c7sc(N)c(C#N)c67)c(F)c4n3)COC5)C2)CC1. The number of piperazine rings is 1. The Labute approximate surface area is 237 Å². The molecule has 0 aliphatic carbocycles. The number of carbonyl (C=O) groups is 1. The van der Waals surface area contributed by atoms with E-state index in [-0.39, 0.29) is 56.5 Å². The normalized spacial score (nSPS) is 19.3. The summed E-state index contributed by atoms with van der Waals surface area (Å²) in [5.41, 5.74) is 7.89. The van der Waals surface area contributed by atoms with Crippen molar-refractivity contribution in [1.82, 2.24) is 24.8 Å². The van der Waals surface area contributed by atoms with Crippen molar-refractivity contribution in [2.75, 3.05) is 49.9 Å². The van der Waals surface area contributed by atoms with Crippen LogP contribution in [0.1, 0.15) is 30.0 Å². The molecule has 2 N–H and O–H groups in total. The van der Waals surface area contributed by atoms with E-state index in [1.165, 1.54) is 0 Å². The fraction of sp³-hybridized carbons (Fsp3) is 0.393. The second-order valence-electron chi connectivity index (χ2n) is 10.6. The molecule has 1 amide bonds. The summed E-state index contributed by atoms with van der Waals surface area (Å²) >= 11 is 0.945. The van der Waals surface area contributed by atoms with Crippen LogP contribution in [0, 0.1) is 23.0 Å². The smallest absolute Gasteiger partial charge is 0.226 e. The predicted octanol–water partition coefficient (Wildman–Crippen LogP) is 3.41. The van der Waals surface area contributed by atoms with Crippen LogP contribution in [0.5, 0.6) is 0 Å². The van der Waals surface area contributed by atoms with Gasteiger partial charge in [-0.2, -0.15) is 5.26 Å².